The number of carbonyl (C=O) groups is 1. The number of nitrogens with zero attached hydrogens (tertiary/aromatic N) is 1. The van der Waals surface area contributed by atoms with Crippen LogP contribution >= 0.6 is 12.6 Å². The summed E-state index contributed by atoms with van der Waals surface area (Å²) in [5.74, 6) is 0.208. The Kier molecular flexibility index (Phi) is 14.5. The van der Waals surface area contributed by atoms with Crippen LogP contribution in [0.4, 0.5) is 0 Å². The maximum atomic E-state index is 11.8. The van der Waals surface area contributed by atoms with Crippen LogP contribution in [-0.2, 0) is 4.79 Å². The highest BCUT2D eigenvalue weighted by Gasteiger charge is 2.21. The first-order valence-electron chi connectivity index (χ1n) is 10.2. The number of hydrogen-bond acceptors (Lipinski definition) is 5. The van der Waals surface area contributed by atoms with Crippen LogP contribution in [-0.4, -0.2) is 43.0 Å². The molecule has 0 aromatic rings. The Morgan fingerprint density at radius 1 is 1.31 bits per heavy atom. The molecule has 26 heavy (non-hydrogen) atoms. The van der Waals surface area contributed by atoms with Crippen molar-refractivity contribution in [2.75, 3.05) is 26.2 Å². The quantitative estimate of drug-likeness (QED) is 0.445. The Hall–Kier alpha value is -0.980. The minimum atomic E-state index is 0.208. The van der Waals surface area contributed by atoms with Gasteiger partial charge in [0.2, 0.25) is 5.91 Å². The second kappa shape index (κ2) is 15.1. The average molecular weight is 385 g/mol. The first kappa shape index (κ1) is 25.0. The van der Waals surface area contributed by atoms with E-state index in [0.717, 1.165) is 43.0 Å². The molecule has 3 rings (SSSR count). The Bertz CT molecular complexity index is 457. The summed E-state index contributed by atoms with van der Waals surface area (Å²) in [7, 11) is 0. The van der Waals surface area contributed by atoms with Gasteiger partial charge < -0.3 is 21.7 Å². The summed E-state index contributed by atoms with van der Waals surface area (Å²) in [4.78, 5) is 14.5. The van der Waals surface area contributed by atoms with Crippen molar-refractivity contribution in [2.24, 2.45) is 11.5 Å². The van der Waals surface area contributed by atoms with Crippen LogP contribution in [0, 0.1) is 0 Å². The van der Waals surface area contributed by atoms with Crippen molar-refractivity contribution in [1.29, 1.82) is 0 Å². The summed E-state index contributed by atoms with van der Waals surface area (Å²) >= 11 is 4.28. The number of nitrogens with two attached hydrogens (primary N) is 2. The lowest BCUT2D eigenvalue weighted by Gasteiger charge is -2.29. The molecule has 2 heterocycles. The Balaban J connectivity index is 0.000000477. The van der Waals surface area contributed by atoms with Gasteiger partial charge in [0.05, 0.1) is 6.54 Å². The van der Waals surface area contributed by atoms with Gasteiger partial charge in [0.1, 0.15) is 0 Å². The van der Waals surface area contributed by atoms with Gasteiger partial charge in [0, 0.05) is 42.6 Å². The van der Waals surface area contributed by atoms with Gasteiger partial charge in [0.15, 0.2) is 0 Å². The van der Waals surface area contributed by atoms with Crippen LogP contribution < -0.4 is 16.8 Å². The summed E-state index contributed by atoms with van der Waals surface area (Å²) in [6.07, 6.45) is 8.29. The molecular formula is C20H40N4OS. The van der Waals surface area contributed by atoms with Gasteiger partial charge in [-0.3, -0.25) is 4.79 Å². The van der Waals surface area contributed by atoms with Crippen LogP contribution in [0.5, 0.6) is 0 Å². The van der Waals surface area contributed by atoms with Crippen molar-refractivity contribution in [3.05, 3.63) is 22.3 Å². The van der Waals surface area contributed by atoms with E-state index in [2.05, 4.69) is 24.0 Å². The predicted octanol–water partition coefficient (Wildman–Crippen LogP) is 3.18. The number of nitrogens with one attached hydrogen (secondary N) is 1. The average Bonchev–Trinajstić information content (AvgIpc) is 3.18. The fraction of sp³-hybridized carbons (Fsp3) is 0.750. The molecule has 5 nitrogen and oxygen atoms in total. The van der Waals surface area contributed by atoms with E-state index in [1.165, 1.54) is 25.0 Å². The van der Waals surface area contributed by atoms with E-state index in [1.807, 2.05) is 32.6 Å². The third kappa shape index (κ3) is 9.10. The van der Waals surface area contributed by atoms with Crippen LogP contribution in [0.15, 0.2) is 22.3 Å². The Morgan fingerprint density at radius 3 is 2.35 bits per heavy atom. The fourth-order valence-corrected chi connectivity index (χ4v) is 3.03. The lowest BCUT2D eigenvalue weighted by Crippen LogP contribution is -2.37. The maximum Gasteiger partial charge on any atom is 0.226 e. The number of carbonyl (C=O) groups excluding carboxylic acids is 1. The van der Waals surface area contributed by atoms with E-state index < -0.39 is 0 Å². The van der Waals surface area contributed by atoms with Crippen molar-refractivity contribution >= 4 is 18.5 Å². The predicted molar refractivity (Wildman–Crippen MR) is 116 cm³/mol. The zero-order chi connectivity index (χ0) is 19.9. The SMILES string of the molecule is CC.CC.NC1=C(S)CN(C(=O)CC2=CCC2)CC1.NCC1CCCN1. The van der Waals surface area contributed by atoms with E-state index in [9.17, 15) is 4.79 Å². The van der Waals surface area contributed by atoms with Gasteiger partial charge in [-0.2, -0.15) is 0 Å². The van der Waals surface area contributed by atoms with Crippen molar-refractivity contribution in [2.45, 2.75) is 72.3 Å². The lowest BCUT2D eigenvalue weighted by molar-refractivity contribution is -0.130. The molecule has 2 aliphatic heterocycles. The van der Waals surface area contributed by atoms with Crippen molar-refractivity contribution < 1.29 is 4.79 Å². The van der Waals surface area contributed by atoms with Gasteiger partial charge in [-0.1, -0.05) is 39.3 Å². The standard InChI is InChI=1S/C11H16N2OS.C5H12N2.2C2H6/c12-9-4-5-13(7-10(9)15)11(14)6-8-2-1-3-8;6-4-5-2-1-3-7-5;2*1-2/h2,15H,1,3-7,12H2;5,7H,1-4,6H2;2*1-2H3. The number of thiol groups is 1. The minimum Gasteiger partial charge on any atom is -0.401 e. The summed E-state index contributed by atoms with van der Waals surface area (Å²) in [5.41, 5.74) is 13.2. The largest absolute Gasteiger partial charge is 0.401 e. The van der Waals surface area contributed by atoms with Gasteiger partial charge in [-0.05, 0) is 32.2 Å². The smallest absolute Gasteiger partial charge is 0.226 e. The molecule has 0 radical (unpaired) electrons. The van der Waals surface area contributed by atoms with Crippen LogP contribution in [0.2, 0.25) is 0 Å². The third-order valence-corrected chi connectivity index (χ3v) is 4.87. The highest BCUT2D eigenvalue weighted by molar-refractivity contribution is 7.84. The van der Waals surface area contributed by atoms with Crippen LogP contribution in [0.1, 0.15) is 66.2 Å². The molecule has 0 aromatic heterocycles. The summed E-state index contributed by atoms with van der Waals surface area (Å²) in [6, 6.07) is 0.625. The molecule has 5 N–H and O–H groups in total. The van der Waals surface area contributed by atoms with Gasteiger partial charge >= 0.3 is 0 Å². The number of amides is 1. The van der Waals surface area contributed by atoms with Gasteiger partial charge in [-0.25, -0.2) is 0 Å². The highest BCUT2D eigenvalue weighted by Crippen LogP contribution is 2.24. The van der Waals surface area contributed by atoms with E-state index in [4.69, 9.17) is 11.5 Å². The molecule has 1 amide bonds. The molecule has 152 valence electrons. The van der Waals surface area contributed by atoms with Crippen molar-refractivity contribution in [1.82, 2.24) is 10.2 Å². The molecule has 0 spiro atoms. The van der Waals surface area contributed by atoms with Gasteiger partial charge in [0.25, 0.3) is 0 Å². The summed E-state index contributed by atoms with van der Waals surface area (Å²) < 4.78 is 0. The zero-order valence-corrected chi connectivity index (χ0v) is 18.1. The second-order valence-electron chi connectivity index (χ2n) is 6.14. The van der Waals surface area contributed by atoms with Crippen LogP contribution in [0.25, 0.3) is 0 Å². The molecule has 1 atom stereocenters. The van der Waals surface area contributed by atoms with Gasteiger partial charge in [-0.15, -0.1) is 12.6 Å². The molecule has 0 saturated carbocycles. The molecule has 1 saturated heterocycles. The minimum absolute atomic E-state index is 0.208. The molecule has 6 heteroatoms. The van der Waals surface area contributed by atoms with E-state index in [1.54, 1.807) is 0 Å². The van der Waals surface area contributed by atoms with E-state index >= 15 is 0 Å². The molecule has 1 aliphatic carbocycles. The maximum absolute atomic E-state index is 11.8. The van der Waals surface area contributed by atoms with Crippen molar-refractivity contribution in [3.63, 3.8) is 0 Å². The van der Waals surface area contributed by atoms with Crippen LogP contribution in [0.3, 0.4) is 0 Å². The van der Waals surface area contributed by atoms with E-state index in [-0.39, 0.29) is 5.91 Å². The number of hydrogen-bond donors (Lipinski definition) is 4. The third-order valence-electron chi connectivity index (χ3n) is 4.44. The Morgan fingerprint density at radius 2 is 1.96 bits per heavy atom. The normalized spacial score (nSPS) is 21.1. The fourth-order valence-electron chi connectivity index (χ4n) is 2.75. The number of rotatable bonds is 3. The first-order chi connectivity index (χ1) is 12.6. The highest BCUT2D eigenvalue weighted by atomic mass is 32.1. The zero-order valence-electron chi connectivity index (χ0n) is 17.2. The first-order valence-corrected chi connectivity index (χ1v) is 10.6. The van der Waals surface area contributed by atoms with E-state index in [0.29, 0.717) is 19.0 Å². The molecule has 1 fully saturated rings. The number of allylic oxidation sites excluding steroid dienone is 1. The lowest BCUT2D eigenvalue weighted by atomic mass is 9.95. The Labute approximate surface area is 166 Å². The molecule has 3 aliphatic rings. The second-order valence-corrected chi connectivity index (χ2v) is 6.68. The topological polar surface area (TPSA) is 84.4 Å². The summed E-state index contributed by atoms with van der Waals surface area (Å²) in [5, 5.41) is 3.28. The molecule has 0 bridgehead atoms. The monoisotopic (exact) mass is 384 g/mol. The van der Waals surface area contributed by atoms with Crippen molar-refractivity contribution in [3.8, 4) is 0 Å². The summed E-state index contributed by atoms with van der Waals surface area (Å²) in [6.45, 7) is 11.3. The molecule has 0 aromatic carbocycles. The molecular weight excluding hydrogens is 344 g/mol. The molecule has 1 unspecified atom stereocenters.